The van der Waals surface area contributed by atoms with Crippen molar-refractivity contribution in [3.8, 4) is 11.3 Å². The largest absolute Gasteiger partial charge is 0.459 e. The van der Waals surface area contributed by atoms with Crippen molar-refractivity contribution < 1.29 is 9.21 Å². The zero-order valence-electron chi connectivity index (χ0n) is 16.8. The van der Waals surface area contributed by atoms with Crippen molar-refractivity contribution in [2.75, 3.05) is 5.75 Å². The number of benzene rings is 2. The first-order valence-corrected chi connectivity index (χ1v) is 11.1. The van der Waals surface area contributed by atoms with E-state index in [-0.39, 0.29) is 23.8 Å². The number of halogens is 1. The average molecular weight is 454 g/mol. The Kier molecular flexibility index (Phi) is 6.44. The van der Waals surface area contributed by atoms with E-state index >= 15 is 0 Å². The van der Waals surface area contributed by atoms with Crippen LogP contribution in [0.15, 0.2) is 75.0 Å². The van der Waals surface area contributed by atoms with E-state index in [2.05, 4.69) is 10.3 Å². The number of carbonyl (C=O) groups is 1. The first kappa shape index (κ1) is 21.2. The van der Waals surface area contributed by atoms with Crippen molar-refractivity contribution in [3.63, 3.8) is 0 Å². The number of hydrogen-bond acceptors (Lipinski definition) is 5. The maximum Gasteiger partial charge on any atom is 0.262 e. The second-order valence-electron chi connectivity index (χ2n) is 6.80. The van der Waals surface area contributed by atoms with Crippen LogP contribution in [-0.4, -0.2) is 21.2 Å². The molecule has 6 nitrogen and oxygen atoms in total. The fourth-order valence-corrected chi connectivity index (χ4v) is 4.16. The highest BCUT2D eigenvalue weighted by Crippen LogP contribution is 2.24. The van der Waals surface area contributed by atoms with E-state index < -0.39 is 0 Å². The number of amides is 1. The van der Waals surface area contributed by atoms with E-state index in [1.807, 2.05) is 43.3 Å². The molecular weight excluding hydrogens is 434 g/mol. The monoisotopic (exact) mass is 453 g/mol. The molecule has 0 aliphatic carbocycles. The summed E-state index contributed by atoms with van der Waals surface area (Å²) < 4.78 is 7.39. The molecule has 0 spiro atoms. The Labute approximate surface area is 188 Å². The fraction of sp³-hybridized carbons (Fsp3) is 0.174. The second-order valence-corrected chi connectivity index (χ2v) is 8.18. The van der Waals surface area contributed by atoms with Gasteiger partial charge in [0.15, 0.2) is 5.16 Å². The summed E-state index contributed by atoms with van der Waals surface area (Å²) in [6.45, 7) is 2.65. The van der Waals surface area contributed by atoms with Gasteiger partial charge >= 0.3 is 0 Å². The highest BCUT2D eigenvalue weighted by atomic mass is 35.5. The number of para-hydroxylation sites is 1. The van der Waals surface area contributed by atoms with Crippen LogP contribution >= 0.6 is 23.4 Å². The number of thioether (sulfide) groups is 1. The van der Waals surface area contributed by atoms with Crippen LogP contribution in [-0.2, 0) is 17.9 Å². The molecule has 1 N–H and O–H groups in total. The Morgan fingerprint density at radius 3 is 2.68 bits per heavy atom. The molecular formula is C23H20ClN3O3S. The van der Waals surface area contributed by atoms with Gasteiger partial charge in [-0.15, -0.1) is 0 Å². The molecule has 0 bridgehead atoms. The number of aromatic nitrogens is 2. The van der Waals surface area contributed by atoms with E-state index in [4.69, 9.17) is 16.0 Å². The van der Waals surface area contributed by atoms with E-state index in [1.54, 1.807) is 28.8 Å². The van der Waals surface area contributed by atoms with Gasteiger partial charge in [0.05, 0.1) is 23.2 Å². The van der Waals surface area contributed by atoms with E-state index in [9.17, 15) is 9.59 Å². The van der Waals surface area contributed by atoms with Gasteiger partial charge in [-0.25, -0.2) is 4.98 Å². The van der Waals surface area contributed by atoms with Gasteiger partial charge in [-0.05, 0) is 55.5 Å². The molecule has 0 fully saturated rings. The summed E-state index contributed by atoms with van der Waals surface area (Å²) in [5.74, 6) is 1.34. The van der Waals surface area contributed by atoms with Crippen molar-refractivity contribution >= 4 is 40.2 Å². The zero-order chi connectivity index (χ0) is 21.8. The lowest BCUT2D eigenvalue weighted by Gasteiger charge is -2.11. The second kappa shape index (κ2) is 9.41. The minimum absolute atomic E-state index is 0.0960. The summed E-state index contributed by atoms with van der Waals surface area (Å²) in [5.41, 5.74) is 1.45. The molecule has 4 aromatic rings. The van der Waals surface area contributed by atoms with Crippen LogP contribution < -0.4 is 10.9 Å². The standard InChI is InChI=1S/C23H20ClN3O3S/c1-2-27-22(29)18-5-3-4-6-19(18)26-23(27)31-14-21(28)25-13-17-11-12-20(30-17)15-7-9-16(24)10-8-15/h3-12H,2,13-14H2,1H3,(H,25,28). The normalized spacial score (nSPS) is 11.0. The molecule has 0 aliphatic rings. The Hall–Kier alpha value is -3.03. The van der Waals surface area contributed by atoms with Crippen LogP contribution in [0.3, 0.4) is 0 Å². The molecule has 158 valence electrons. The van der Waals surface area contributed by atoms with Crippen LogP contribution in [0, 0.1) is 0 Å². The van der Waals surface area contributed by atoms with Crippen molar-refractivity contribution in [2.24, 2.45) is 0 Å². The maximum absolute atomic E-state index is 12.7. The molecule has 8 heteroatoms. The third-order valence-electron chi connectivity index (χ3n) is 4.73. The Balaban J connectivity index is 1.38. The van der Waals surface area contributed by atoms with Crippen LogP contribution in [0.2, 0.25) is 5.02 Å². The first-order valence-electron chi connectivity index (χ1n) is 9.79. The lowest BCUT2D eigenvalue weighted by molar-refractivity contribution is -0.118. The Bertz CT molecular complexity index is 1280. The predicted molar refractivity (Wildman–Crippen MR) is 123 cm³/mol. The van der Waals surface area contributed by atoms with Crippen molar-refractivity contribution in [1.29, 1.82) is 0 Å². The van der Waals surface area contributed by atoms with Gasteiger partial charge in [0, 0.05) is 17.1 Å². The number of carbonyl (C=O) groups excluding carboxylic acids is 1. The predicted octanol–water partition coefficient (Wildman–Crippen LogP) is 4.74. The Morgan fingerprint density at radius 1 is 1.13 bits per heavy atom. The molecule has 0 saturated heterocycles. The topological polar surface area (TPSA) is 77.1 Å². The zero-order valence-corrected chi connectivity index (χ0v) is 18.4. The quantitative estimate of drug-likeness (QED) is 0.323. The fourth-order valence-electron chi connectivity index (χ4n) is 3.15. The van der Waals surface area contributed by atoms with Crippen molar-refractivity contribution in [3.05, 3.63) is 81.8 Å². The molecule has 0 radical (unpaired) electrons. The number of nitrogens with one attached hydrogen (secondary N) is 1. The summed E-state index contributed by atoms with van der Waals surface area (Å²) in [6.07, 6.45) is 0. The van der Waals surface area contributed by atoms with Crippen molar-refractivity contribution in [1.82, 2.24) is 14.9 Å². The number of nitrogens with zero attached hydrogens (tertiary/aromatic N) is 2. The molecule has 1 amide bonds. The summed E-state index contributed by atoms with van der Waals surface area (Å²) in [6, 6.07) is 18.3. The van der Waals surface area contributed by atoms with Gasteiger partial charge in [-0.3, -0.25) is 14.2 Å². The highest BCUT2D eigenvalue weighted by molar-refractivity contribution is 7.99. The lowest BCUT2D eigenvalue weighted by atomic mass is 10.2. The lowest BCUT2D eigenvalue weighted by Crippen LogP contribution is -2.26. The third kappa shape index (κ3) is 4.84. The summed E-state index contributed by atoms with van der Waals surface area (Å²) in [4.78, 5) is 29.6. The van der Waals surface area contributed by atoms with E-state index in [0.29, 0.717) is 39.1 Å². The average Bonchev–Trinajstić information content (AvgIpc) is 3.26. The molecule has 31 heavy (non-hydrogen) atoms. The molecule has 4 rings (SSSR count). The smallest absolute Gasteiger partial charge is 0.262 e. The summed E-state index contributed by atoms with van der Waals surface area (Å²) in [5, 5.41) is 4.61. The Morgan fingerprint density at radius 2 is 1.90 bits per heavy atom. The SMILES string of the molecule is CCn1c(SCC(=O)NCc2ccc(-c3ccc(Cl)cc3)o2)nc2ccccc2c1=O. The summed E-state index contributed by atoms with van der Waals surface area (Å²) in [7, 11) is 0. The highest BCUT2D eigenvalue weighted by Gasteiger charge is 2.13. The first-order chi connectivity index (χ1) is 15.0. The number of fused-ring (bicyclic) bond motifs is 1. The van der Waals surface area contributed by atoms with Crippen molar-refractivity contribution in [2.45, 2.75) is 25.2 Å². The molecule has 0 saturated carbocycles. The van der Waals surface area contributed by atoms with Gasteiger partial charge in [0.1, 0.15) is 11.5 Å². The minimum Gasteiger partial charge on any atom is -0.459 e. The minimum atomic E-state index is -0.167. The van der Waals surface area contributed by atoms with Crippen LogP contribution in [0.4, 0.5) is 0 Å². The number of furan rings is 1. The van der Waals surface area contributed by atoms with Crippen LogP contribution in [0.5, 0.6) is 0 Å². The molecule has 0 aliphatic heterocycles. The molecule has 0 atom stereocenters. The number of rotatable bonds is 7. The third-order valence-corrected chi connectivity index (χ3v) is 5.95. The molecule has 0 unspecified atom stereocenters. The maximum atomic E-state index is 12.7. The number of hydrogen-bond donors (Lipinski definition) is 1. The van der Waals surface area contributed by atoms with Crippen LogP contribution in [0.25, 0.3) is 22.2 Å². The molecule has 2 aromatic carbocycles. The van der Waals surface area contributed by atoms with E-state index in [0.717, 1.165) is 5.56 Å². The van der Waals surface area contributed by atoms with Gasteiger partial charge in [0.25, 0.3) is 5.56 Å². The molecule has 2 aromatic heterocycles. The van der Waals surface area contributed by atoms with E-state index in [1.165, 1.54) is 11.8 Å². The molecule has 2 heterocycles. The van der Waals surface area contributed by atoms with Gasteiger partial charge in [-0.2, -0.15) is 0 Å². The summed E-state index contributed by atoms with van der Waals surface area (Å²) >= 11 is 7.16. The van der Waals surface area contributed by atoms with Gasteiger partial charge < -0.3 is 9.73 Å². The van der Waals surface area contributed by atoms with Gasteiger partial charge in [0.2, 0.25) is 5.91 Å². The van der Waals surface area contributed by atoms with Gasteiger partial charge in [-0.1, -0.05) is 35.5 Å². The van der Waals surface area contributed by atoms with Crippen LogP contribution in [0.1, 0.15) is 12.7 Å².